The molecular formula is C23H26ClN3O3. The predicted molar refractivity (Wildman–Crippen MR) is 114 cm³/mol. The van der Waals surface area contributed by atoms with Crippen LogP contribution >= 0.6 is 11.6 Å². The minimum Gasteiger partial charge on any atom is -0.375 e. The minimum atomic E-state index is -1.60. The number of amides is 2. The molecule has 1 aliphatic carbocycles. The highest BCUT2D eigenvalue weighted by Gasteiger charge is 2.49. The van der Waals surface area contributed by atoms with Gasteiger partial charge in [-0.25, -0.2) is 0 Å². The molecule has 0 saturated carbocycles. The van der Waals surface area contributed by atoms with Crippen LogP contribution < -0.4 is 5.32 Å². The van der Waals surface area contributed by atoms with E-state index in [1.807, 2.05) is 18.2 Å². The van der Waals surface area contributed by atoms with Gasteiger partial charge in [-0.3, -0.25) is 14.6 Å². The smallest absolute Gasteiger partial charge is 0.259 e. The molecule has 7 heteroatoms. The molecule has 2 heterocycles. The highest BCUT2D eigenvalue weighted by molar-refractivity contribution is 6.30. The predicted octanol–water partition coefficient (Wildman–Crippen LogP) is 2.74. The summed E-state index contributed by atoms with van der Waals surface area (Å²) in [5, 5.41) is 14.8. The van der Waals surface area contributed by atoms with E-state index >= 15 is 0 Å². The average molecular weight is 428 g/mol. The number of carbonyl (C=O) groups excluding carboxylic acids is 2. The number of aromatic nitrogens is 1. The lowest BCUT2D eigenvalue weighted by molar-refractivity contribution is -0.155. The van der Waals surface area contributed by atoms with E-state index in [-0.39, 0.29) is 5.91 Å². The van der Waals surface area contributed by atoms with Crippen molar-refractivity contribution in [1.29, 1.82) is 0 Å². The Hall–Kier alpha value is -2.44. The number of pyridine rings is 1. The van der Waals surface area contributed by atoms with Gasteiger partial charge in [0.15, 0.2) is 5.60 Å². The Bertz CT molecular complexity index is 980. The molecule has 1 saturated heterocycles. The molecule has 0 spiro atoms. The Balaban J connectivity index is 1.48. The van der Waals surface area contributed by atoms with Crippen LogP contribution in [0, 0.1) is 0 Å². The van der Waals surface area contributed by atoms with Gasteiger partial charge in [-0.05, 0) is 61.4 Å². The molecule has 30 heavy (non-hydrogen) atoms. The van der Waals surface area contributed by atoms with Crippen LogP contribution in [0.2, 0.25) is 5.02 Å². The number of carbonyl (C=O) groups is 2. The van der Waals surface area contributed by atoms with E-state index in [4.69, 9.17) is 11.6 Å². The Kier molecular flexibility index (Phi) is 5.80. The number of hydrogen-bond donors (Lipinski definition) is 2. The molecule has 1 unspecified atom stereocenters. The maximum absolute atomic E-state index is 13.3. The van der Waals surface area contributed by atoms with E-state index in [0.29, 0.717) is 42.9 Å². The van der Waals surface area contributed by atoms with Crippen LogP contribution in [0.4, 0.5) is 0 Å². The molecule has 2 aromatic rings. The molecule has 4 rings (SSSR count). The van der Waals surface area contributed by atoms with Crippen molar-refractivity contribution >= 4 is 23.4 Å². The third kappa shape index (κ3) is 3.70. The number of hydrogen-bond acceptors (Lipinski definition) is 4. The summed E-state index contributed by atoms with van der Waals surface area (Å²) in [6.45, 7) is 2.88. The molecule has 1 aromatic carbocycles. The molecule has 2 amide bonds. The monoisotopic (exact) mass is 427 g/mol. The van der Waals surface area contributed by atoms with Gasteiger partial charge < -0.3 is 15.3 Å². The number of nitrogens with one attached hydrogen (secondary N) is 1. The Morgan fingerprint density at radius 3 is 2.97 bits per heavy atom. The fourth-order valence-electron chi connectivity index (χ4n) is 4.59. The van der Waals surface area contributed by atoms with E-state index in [1.165, 1.54) is 4.90 Å². The van der Waals surface area contributed by atoms with Crippen LogP contribution in [0.5, 0.6) is 0 Å². The Labute approximate surface area is 181 Å². The largest absolute Gasteiger partial charge is 0.375 e. The van der Waals surface area contributed by atoms with Crippen molar-refractivity contribution < 1.29 is 14.7 Å². The van der Waals surface area contributed by atoms with Crippen LogP contribution in [0.25, 0.3) is 0 Å². The van der Waals surface area contributed by atoms with Crippen molar-refractivity contribution in [1.82, 2.24) is 15.2 Å². The number of halogens is 1. The van der Waals surface area contributed by atoms with E-state index < -0.39 is 17.6 Å². The first-order valence-electron chi connectivity index (χ1n) is 10.5. The van der Waals surface area contributed by atoms with Crippen molar-refractivity contribution in [2.24, 2.45) is 0 Å². The molecule has 0 bridgehead atoms. The number of aliphatic hydroxyl groups is 1. The standard InChI is InChI=1S/C23H26ClN3O3/c1-2-15-7-8-17(24)13-16(15)14-26-21(28)20-6-4-12-27(20)22(29)23(30)10-9-19-18(23)5-3-11-25-19/h3,5,7-8,11,13,20,30H,2,4,6,9-10,12,14H2,1H3,(H,26,28)/t20-,23?/m0/s1. The first-order chi connectivity index (χ1) is 14.4. The van der Waals surface area contributed by atoms with Crippen molar-refractivity contribution in [3.63, 3.8) is 0 Å². The fraction of sp³-hybridized carbons (Fsp3) is 0.435. The second-order valence-corrected chi connectivity index (χ2v) is 8.44. The first kappa shape index (κ1) is 20.8. The van der Waals surface area contributed by atoms with Crippen molar-refractivity contribution in [3.05, 3.63) is 63.9 Å². The van der Waals surface area contributed by atoms with Gasteiger partial charge in [0.2, 0.25) is 5.91 Å². The maximum atomic E-state index is 13.3. The van der Waals surface area contributed by atoms with Gasteiger partial charge in [-0.2, -0.15) is 0 Å². The van der Waals surface area contributed by atoms with Crippen LogP contribution in [0.15, 0.2) is 36.5 Å². The lowest BCUT2D eigenvalue weighted by Crippen LogP contribution is -2.52. The summed E-state index contributed by atoms with van der Waals surface area (Å²) in [6, 6.07) is 8.58. The molecule has 6 nitrogen and oxygen atoms in total. The summed E-state index contributed by atoms with van der Waals surface area (Å²) >= 11 is 6.11. The SMILES string of the molecule is CCc1ccc(Cl)cc1CNC(=O)[C@@H]1CCCN1C(=O)C1(O)CCc2ncccc21. The van der Waals surface area contributed by atoms with Gasteiger partial charge in [-0.15, -0.1) is 0 Å². The zero-order chi connectivity index (χ0) is 21.3. The van der Waals surface area contributed by atoms with Gasteiger partial charge in [0.25, 0.3) is 5.91 Å². The molecule has 1 aromatic heterocycles. The van der Waals surface area contributed by atoms with E-state index in [1.54, 1.807) is 18.3 Å². The van der Waals surface area contributed by atoms with Gasteiger partial charge in [0, 0.05) is 35.6 Å². The number of likely N-dealkylation sites (tertiary alicyclic amines) is 1. The quantitative estimate of drug-likeness (QED) is 0.768. The number of benzene rings is 1. The summed E-state index contributed by atoms with van der Waals surface area (Å²) in [7, 11) is 0. The zero-order valence-corrected chi connectivity index (χ0v) is 17.8. The highest BCUT2D eigenvalue weighted by atomic mass is 35.5. The van der Waals surface area contributed by atoms with Crippen LogP contribution in [-0.2, 0) is 34.6 Å². The summed E-state index contributed by atoms with van der Waals surface area (Å²) in [4.78, 5) is 32.1. The summed E-state index contributed by atoms with van der Waals surface area (Å²) < 4.78 is 0. The molecule has 158 valence electrons. The molecular weight excluding hydrogens is 402 g/mol. The van der Waals surface area contributed by atoms with Gasteiger partial charge >= 0.3 is 0 Å². The van der Waals surface area contributed by atoms with Gasteiger partial charge in [0.1, 0.15) is 6.04 Å². The number of rotatable bonds is 5. The second-order valence-electron chi connectivity index (χ2n) is 8.00. The molecule has 0 radical (unpaired) electrons. The maximum Gasteiger partial charge on any atom is 0.259 e. The molecule has 1 fully saturated rings. The third-order valence-electron chi connectivity index (χ3n) is 6.23. The van der Waals surface area contributed by atoms with Crippen molar-refractivity contribution in [3.8, 4) is 0 Å². The van der Waals surface area contributed by atoms with Crippen molar-refractivity contribution in [2.45, 2.75) is 57.2 Å². The first-order valence-corrected chi connectivity index (χ1v) is 10.8. The van der Waals surface area contributed by atoms with Crippen LogP contribution in [-0.4, -0.2) is 39.4 Å². The summed E-state index contributed by atoms with van der Waals surface area (Å²) in [5.41, 5.74) is 1.82. The lowest BCUT2D eigenvalue weighted by atomic mass is 9.95. The van der Waals surface area contributed by atoms with Gasteiger partial charge in [0.05, 0.1) is 0 Å². The summed E-state index contributed by atoms with van der Waals surface area (Å²) in [6.07, 6.45) is 4.68. The minimum absolute atomic E-state index is 0.198. The zero-order valence-electron chi connectivity index (χ0n) is 17.0. The van der Waals surface area contributed by atoms with Crippen LogP contribution in [0.1, 0.15) is 48.6 Å². The normalized spacial score (nSPS) is 22.8. The fourth-order valence-corrected chi connectivity index (χ4v) is 4.79. The lowest BCUT2D eigenvalue weighted by Gasteiger charge is -2.32. The van der Waals surface area contributed by atoms with Crippen molar-refractivity contribution in [2.75, 3.05) is 6.54 Å². The molecule has 2 N–H and O–H groups in total. The number of aryl methyl sites for hydroxylation is 2. The average Bonchev–Trinajstić information content (AvgIpc) is 3.38. The topological polar surface area (TPSA) is 82.5 Å². The van der Waals surface area contributed by atoms with E-state index in [0.717, 1.165) is 29.7 Å². The highest BCUT2D eigenvalue weighted by Crippen LogP contribution is 2.38. The van der Waals surface area contributed by atoms with Gasteiger partial charge in [-0.1, -0.05) is 30.7 Å². The number of fused-ring (bicyclic) bond motifs is 1. The Morgan fingerprint density at radius 1 is 1.33 bits per heavy atom. The molecule has 1 aliphatic heterocycles. The number of nitrogens with zero attached hydrogens (tertiary/aromatic N) is 2. The molecule has 2 atom stereocenters. The van der Waals surface area contributed by atoms with Crippen LogP contribution in [0.3, 0.4) is 0 Å². The Morgan fingerprint density at radius 2 is 2.17 bits per heavy atom. The molecule has 2 aliphatic rings. The summed E-state index contributed by atoms with van der Waals surface area (Å²) in [5.74, 6) is -0.597. The van der Waals surface area contributed by atoms with E-state index in [9.17, 15) is 14.7 Å². The van der Waals surface area contributed by atoms with E-state index in [2.05, 4.69) is 17.2 Å². The second kappa shape index (κ2) is 8.36. The third-order valence-corrected chi connectivity index (χ3v) is 6.47.